The monoisotopic (exact) mass is 268 g/mol. The highest BCUT2D eigenvalue weighted by atomic mass is 15.2. The van der Waals surface area contributed by atoms with E-state index in [1.54, 1.807) is 0 Å². The van der Waals surface area contributed by atoms with E-state index in [9.17, 15) is 0 Å². The Hall–Kier alpha value is -1.70. The zero-order chi connectivity index (χ0) is 13.9. The van der Waals surface area contributed by atoms with Crippen molar-refractivity contribution in [3.8, 4) is 0 Å². The van der Waals surface area contributed by atoms with Crippen LogP contribution in [0.25, 0.3) is 0 Å². The fourth-order valence-corrected chi connectivity index (χ4v) is 3.52. The number of piperidine rings is 1. The molecule has 0 spiro atoms. The Kier molecular flexibility index (Phi) is 3.81. The number of benzene rings is 1. The summed E-state index contributed by atoms with van der Waals surface area (Å²) in [6.45, 7) is 4.44. The van der Waals surface area contributed by atoms with Crippen LogP contribution in [0.4, 0.5) is 5.69 Å². The highest BCUT2D eigenvalue weighted by molar-refractivity contribution is 5.51. The van der Waals surface area contributed by atoms with Crippen LogP contribution in [0.5, 0.6) is 0 Å². The van der Waals surface area contributed by atoms with Gasteiger partial charge >= 0.3 is 0 Å². The first-order chi connectivity index (χ1) is 9.79. The topological polar surface area (TPSA) is 19.0 Å². The molecule has 106 valence electrons. The van der Waals surface area contributed by atoms with Crippen LogP contribution in [0.1, 0.15) is 49.9 Å². The Morgan fingerprint density at radius 2 is 2.00 bits per heavy atom. The molecule has 0 radical (unpaired) electrons. The molecule has 20 heavy (non-hydrogen) atoms. The molecule has 3 rings (SSSR count). The fourth-order valence-electron chi connectivity index (χ4n) is 3.52. The average molecular weight is 268 g/mol. The molecule has 2 atom stereocenters. The van der Waals surface area contributed by atoms with E-state index >= 15 is 0 Å². The lowest BCUT2D eigenvalue weighted by atomic mass is 9.89. The summed E-state index contributed by atoms with van der Waals surface area (Å²) in [5.74, 6) is 0. The Morgan fingerprint density at radius 1 is 1.20 bits per heavy atom. The predicted molar refractivity (Wildman–Crippen MR) is 85.1 cm³/mol. The summed E-state index contributed by atoms with van der Waals surface area (Å²) in [5, 5.41) is 0. The third-order valence-corrected chi connectivity index (χ3v) is 4.51. The molecule has 1 saturated heterocycles. The van der Waals surface area contributed by atoms with Crippen LogP contribution in [-0.4, -0.2) is 11.0 Å². The molecule has 2 aromatic rings. The summed E-state index contributed by atoms with van der Waals surface area (Å²) in [6, 6.07) is 14.4. The predicted octanol–water partition coefficient (Wildman–Crippen LogP) is 4.83. The van der Waals surface area contributed by atoms with Gasteiger partial charge in [-0.1, -0.05) is 37.3 Å². The van der Waals surface area contributed by atoms with Gasteiger partial charge in [0.1, 0.15) is 0 Å². The lowest BCUT2D eigenvalue weighted by Crippen LogP contribution is -2.41. The van der Waals surface area contributed by atoms with Crippen molar-refractivity contribution in [2.24, 2.45) is 0 Å². The minimum Gasteiger partial charge on any atom is -0.363 e. The quantitative estimate of drug-likeness (QED) is 0.844. The molecule has 0 aliphatic carbocycles. The van der Waals surface area contributed by atoms with Crippen LogP contribution in [0.3, 0.4) is 0 Å². The lowest BCUT2D eigenvalue weighted by molar-refractivity contribution is 0.380. The first-order valence-corrected chi connectivity index (χ1v) is 7.78. The maximum atomic E-state index is 3.34. The van der Waals surface area contributed by atoms with Crippen LogP contribution >= 0.6 is 0 Å². The Morgan fingerprint density at radius 3 is 2.65 bits per heavy atom. The van der Waals surface area contributed by atoms with Crippen molar-refractivity contribution < 1.29 is 0 Å². The standard InChI is InChI=1S/C18H24N2/c1-3-16-10-7-11-18(15-8-5-4-6-9-15)20(16)17-12-14(2)19-13-17/h4-6,8-9,12-13,16,18-19H,3,7,10-11H2,1-2H3. The summed E-state index contributed by atoms with van der Waals surface area (Å²) >= 11 is 0. The summed E-state index contributed by atoms with van der Waals surface area (Å²) in [7, 11) is 0. The van der Waals surface area contributed by atoms with Crippen LogP contribution < -0.4 is 4.90 Å². The van der Waals surface area contributed by atoms with Gasteiger partial charge in [0, 0.05) is 17.9 Å². The molecule has 2 heteroatoms. The average Bonchev–Trinajstić information content (AvgIpc) is 2.93. The molecule has 0 amide bonds. The molecule has 0 bridgehead atoms. The van der Waals surface area contributed by atoms with E-state index in [4.69, 9.17) is 0 Å². The summed E-state index contributed by atoms with van der Waals surface area (Å²) in [6.07, 6.45) is 7.28. The van der Waals surface area contributed by atoms with Gasteiger partial charge in [0.15, 0.2) is 0 Å². The van der Waals surface area contributed by atoms with E-state index in [-0.39, 0.29) is 0 Å². The van der Waals surface area contributed by atoms with Gasteiger partial charge in [-0.05, 0) is 44.2 Å². The van der Waals surface area contributed by atoms with E-state index in [0.717, 1.165) is 0 Å². The Balaban J connectivity index is 1.98. The Bertz CT molecular complexity index is 544. The van der Waals surface area contributed by atoms with Gasteiger partial charge in [0.25, 0.3) is 0 Å². The summed E-state index contributed by atoms with van der Waals surface area (Å²) < 4.78 is 0. The second-order valence-electron chi connectivity index (χ2n) is 5.87. The molecular weight excluding hydrogens is 244 g/mol. The van der Waals surface area contributed by atoms with Gasteiger partial charge < -0.3 is 9.88 Å². The van der Waals surface area contributed by atoms with Crippen molar-refractivity contribution in [2.45, 2.75) is 51.6 Å². The van der Waals surface area contributed by atoms with Crippen molar-refractivity contribution in [3.63, 3.8) is 0 Å². The third kappa shape index (κ3) is 2.47. The van der Waals surface area contributed by atoms with Crippen molar-refractivity contribution in [1.29, 1.82) is 0 Å². The number of aryl methyl sites for hydroxylation is 1. The van der Waals surface area contributed by atoms with E-state index in [1.807, 2.05) is 0 Å². The number of nitrogens with zero attached hydrogens (tertiary/aromatic N) is 1. The van der Waals surface area contributed by atoms with Crippen molar-refractivity contribution in [2.75, 3.05) is 4.90 Å². The fraction of sp³-hybridized carbons (Fsp3) is 0.444. The van der Waals surface area contributed by atoms with Crippen LogP contribution in [0.2, 0.25) is 0 Å². The number of rotatable bonds is 3. The van der Waals surface area contributed by atoms with Gasteiger partial charge in [-0.2, -0.15) is 0 Å². The maximum absolute atomic E-state index is 3.34. The van der Waals surface area contributed by atoms with E-state index < -0.39 is 0 Å². The summed E-state index contributed by atoms with van der Waals surface area (Å²) in [5.41, 5.74) is 4.04. The van der Waals surface area contributed by atoms with Gasteiger partial charge in [-0.15, -0.1) is 0 Å². The molecule has 1 fully saturated rings. The molecule has 1 aromatic heterocycles. The smallest absolute Gasteiger partial charge is 0.0554 e. The number of nitrogens with one attached hydrogen (secondary N) is 1. The van der Waals surface area contributed by atoms with Crippen LogP contribution in [0, 0.1) is 6.92 Å². The van der Waals surface area contributed by atoms with Crippen molar-refractivity contribution >= 4 is 5.69 Å². The first kappa shape index (κ1) is 13.3. The first-order valence-electron chi connectivity index (χ1n) is 7.78. The van der Waals surface area contributed by atoms with Gasteiger partial charge in [-0.3, -0.25) is 0 Å². The molecule has 2 heterocycles. The largest absolute Gasteiger partial charge is 0.363 e. The SMILES string of the molecule is CCC1CCCC(c2ccccc2)N1c1c[nH]c(C)c1. The van der Waals surface area contributed by atoms with E-state index in [2.05, 4.69) is 66.3 Å². The number of hydrogen-bond acceptors (Lipinski definition) is 1. The number of anilines is 1. The van der Waals surface area contributed by atoms with E-state index in [0.29, 0.717) is 12.1 Å². The Labute approximate surface area is 121 Å². The number of aromatic nitrogens is 1. The minimum atomic E-state index is 0.519. The molecule has 1 aromatic carbocycles. The number of hydrogen-bond donors (Lipinski definition) is 1. The normalized spacial score (nSPS) is 23.0. The highest BCUT2D eigenvalue weighted by Crippen LogP contribution is 2.39. The molecular formula is C18H24N2. The molecule has 0 saturated carbocycles. The van der Waals surface area contributed by atoms with Gasteiger partial charge in [-0.25, -0.2) is 0 Å². The molecule has 2 nitrogen and oxygen atoms in total. The molecule has 2 unspecified atom stereocenters. The van der Waals surface area contributed by atoms with Crippen molar-refractivity contribution in [1.82, 2.24) is 4.98 Å². The molecule has 1 aliphatic heterocycles. The zero-order valence-electron chi connectivity index (χ0n) is 12.5. The molecule has 1 aliphatic rings. The number of H-pyrrole nitrogens is 1. The van der Waals surface area contributed by atoms with Crippen molar-refractivity contribution in [3.05, 3.63) is 53.9 Å². The second kappa shape index (κ2) is 5.74. The number of aromatic amines is 1. The van der Waals surface area contributed by atoms with Gasteiger partial charge in [0.2, 0.25) is 0 Å². The minimum absolute atomic E-state index is 0.519. The summed E-state index contributed by atoms with van der Waals surface area (Å²) in [4.78, 5) is 5.98. The maximum Gasteiger partial charge on any atom is 0.0554 e. The highest BCUT2D eigenvalue weighted by Gasteiger charge is 2.30. The third-order valence-electron chi connectivity index (χ3n) is 4.51. The van der Waals surface area contributed by atoms with Crippen LogP contribution in [-0.2, 0) is 0 Å². The van der Waals surface area contributed by atoms with Gasteiger partial charge in [0.05, 0.1) is 11.7 Å². The zero-order valence-corrected chi connectivity index (χ0v) is 12.5. The molecule has 1 N–H and O–H groups in total. The van der Waals surface area contributed by atoms with E-state index in [1.165, 1.54) is 42.6 Å². The second-order valence-corrected chi connectivity index (χ2v) is 5.87. The lowest BCUT2D eigenvalue weighted by Gasteiger charge is -2.43. The van der Waals surface area contributed by atoms with Crippen LogP contribution in [0.15, 0.2) is 42.6 Å².